The van der Waals surface area contributed by atoms with Crippen molar-refractivity contribution in [3.63, 3.8) is 0 Å². The molecule has 5 heteroatoms. The molecule has 1 aliphatic rings. The van der Waals surface area contributed by atoms with Gasteiger partial charge in [0.15, 0.2) is 0 Å². The fraction of sp³-hybridized carbons (Fsp3) is 0. The Morgan fingerprint density at radius 2 is 2.40 bits per heavy atom. The van der Waals surface area contributed by atoms with E-state index in [1.165, 1.54) is 11.4 Å². The van der Waals surface area contributed by atoms with Crippen LogP contribution in [0.4, 0.5) is 5.69 Å². The molecule has 0 aromatic carbocycles. The Morgan fingerprint density at radius 1 is 1.50 bits per heavy atom. The van der Waals surface area contributed by atoms with Crippen molar-refractivity contribution in [3.05, 3.63) is 12.5 Å². The second kappa shape index (κ2) is 2.04. The summed E-state index contributed by atoms with van der Waals surface area (Å²) in [7, 11) is 0. The fourth-order valence-electron chi connectivity index (χ4n) is 0.709. The van der Waals surface area contributed by atoms with E-state index in [4.69, 9.17) is 0 Å². The first-order chi connectivity index (χ1) is 4.88. The summed E-state index contributed by atoms with van der Waals surface area (Å²) >= 11 is -2.01. The van der Waals surface area contributed by atoms with Crippen LogP contribution >= 0.6 is 0 Å². The Bertz CT molecular complexity index is 322. The third-order valence-corrected chi connectivity index (χ3v) is 3.22. The van der Waals surface area contributed by atoms with Gasteiger partial charge < -0.3 is 0 Å². The van der Waals surface area contributed by atoms with Crippen LogP contribution in [0.15, 0.2) is 17.5 Å². The number of hydrogen-bond acceptors (Lipinski definition) is 4. The van der Waals surface area contributed by atoms with Crippen LogP contribution in [-0.2, 0) is 3.83 Å². The van der Waals surface area contributed by atoms with Crippen LogP contribution in [0.1, 0.15) is 0 Å². The normalized spacial score (nSPS) is 21.0. The van der Waals surface area contributed by atoms with Gasteiger partial charge in [0.25, 0.3) is 0 Å². The number of fused-ring (bicyclic) bond motifs is 1. The Labute approximate surface area is 61.1 Å². The fourth-order valence-corrected chi connectivity index (χ4v) is 2.33. The monoisotopic (exact) mass is 201 g/mol. The topological polar surface area (TPSA) is 55.2 Å². The van der Waals surface area contributed by atoms with Gasteiger partial charge in [-0.1, -0.05) is 0 Å². The molecule has 0 amide bonds. The van der Waals surface area contributed by atoms with Crippen LogP contribution in [0.3, 0.4) is 0 Å². The summed E-state index contributed by atoms with van der Waals surface area (Å²) < 4.78 is 11.6. The van der Waals surface area contributed by atoms with Crippen molar-refractivity contribution in [3.8, 4) is 0 Å². The van der Waals surface area contributed by atoms with Gasteiger partial charge in [-0.25, -0.2) is 0 Å². The van der Waals surface area contributed by atoms with Crippen LogP contribution in [-0.4, -0.2) is 28.9 Å². The van der Waals surface area contributed by atoms with Gasteiger partial charge >= 0.3 is 60.5 Å². The Balaban J connectivity index is 2.70. The van der Waals surface area contributed by atoms with Crippen LogP contribution < -0.4 is 4.59 Å². The van der Waals surface area contributed by atoms with E-state index in [1.807, 2.05) is 0 Å². The van der Waals surface area contributed by atoms with E-state index >= 15 is 0 Å². The van der Waals surface area contributed by atoms with Gasteiger partial charge in [0, 0.05) is 0 Å². The van der Waals surface area contributed by atoms with Gasteiger partial charge in [0.2, 0.25) is 0 Å². The summed E-state index contributed by atoms with van der Waals surface area (Å²) in [6, 6.07) is 0. The molecule has 1 aromatic rings. The summed E-state index contributed by atoms with van der Waals surface area (Å²) in [5.41, 5.74) is 0.655. The second-order valence-corrected chi connectivity index (χ2v) is 4.25. The first-order valence-corrected chi connectivity index (χ1v) is 5.17. The van der Waals surface area contributed by atoms with Crippen molar-refractivity contribution in [2.75, 3.05) is 0 Å². The maximum atomic E-state index is 11.0. The molecule has 10 heavy (non-hydrogen) atoms. The van der Waals surface area contributed by atoms with Crippen molar-refractivity contribution >= 4 is 29.2 Å². The first kappa shape index (κ1) is 5.82. The van der Waals surface area contributed by atoms with Gasteiger partial charge in [-0.3, -0.25) is 0 Å². The van der Waals surface area contributed by atoms with Crippen molar-refractivity contribution in [2.24, 2.45) is 4.99 Å². The molecule has 0 fully saturated rings. The third kappa shape index (κ3) is 0.716. The van der Waals surface area contributed by atoms with Crippen molar-refractivity contribution in [2.45, 2.75) is 0 Å². The molecule has 4 nitrogen and oxygen atoms in total. The zero-order valence-corrected chi connectivity index (χ0v) is 6.60. The molecule has 1 aliphatic heterocycles. The molecular formula is C5H3N3OSe. The molecule has 0 saturated carbocycles. The van der Waals surface area contributed by atoms with E-state index in [0.29, 0.717) is 10.3 Å². The van der Waals surface area contributed by atoms with E-state index in [-0.39, 0.29) is 0 Å². The van der Waals surface area contributed by atoms with Gasteiger partial charge in [0.05, 0.1) is 0 Å². The summed E-state index contributed by atoms with van der Waals surface area (Å²) in [4.78, 5) is 11.5. The molecule has 0 saturated heterocycles. The molecule has 1 atom stereocenters. The molecule has 1 unspecified atom stereocenters. The van der Waals surface area contributed by atoms with Crippen molar-refractivity contribution in [1.29, 1.82) is 0 Å². The molecule has 0 N–H and O–H groups in total. The maximum absolute atomic E-state index is 11.0. The molecule has 1 aromatic heterocycles. The minimum absolute atomic E-state index is 0.606. The SMILES string of the molecule is O=[Se]1C=Nc2cncnc21. The zero-order chi connectivity index (χ0) is 6.97. The number of nitrogens with zero attached hydrogens (tertiary/aromatic N) is 3. The van der Waals surface area contributed by atoms with Gasteiger partial charge in [0.1, 0.15) is 0 Å². The van der Waals surface area contributed by atoms with Crippen molar-refractivity contribution in [1.82, 2.24) is 9.97 Å². The molecule has 0 bridgehead atoms. The predicted molar refractivity (Wildman–Crippen MR) is 36.3 cm³/mol. The quantitative estimate of drug-likeness (QED) is 0.523. The first-order valence-electron chi connectivity index (χ1n) is 2.63. The van der Waals surface area contributed by atoms with Gasteiger partial charge in [-0.05, 0) is 0 Å². The zero-order valence-electron chi connectivity index (χ0n) is 4.89. The Hall–Kier alpha value is -0.931. The summed E-state index contributed by atoms with van der Waals surface area (Å²) in [6.07, 6.45) is 2.96. The molecule has 2 rings (SSSR count). The van der Waals surface area contributed by atoms with E-state index < -0.39 is 13.8 Å². The summed E-state index contributed by atoms with van der Waals surface area (Å²) in [6.45, 7) is 0. The molecule has 50 valence electrons. The van der Waals surface area contributed by atoms with Crippen LogP contribution in [0.2, 0.25) is 0 Å². The number of aliphatic imine (C=N–C) groups is 1. The van der Waals surface area contributed by atoms with Crippen LogP contribution in [0.5, 0.6) is 0 Å². The Kier molecular flexibility index (Phi) is 1.19. The van der Waals surface area contributed by atoms with E-state index in [1.54, 1.807) is 6.20 Å². The number of hydrogen-bond donors (Lipinski definition) is 0. The minimum atomic E-state index is -2.01. The average Bonchev–Trinajstić information content (AvgIpc) is 2.34. The predicted octanol–water partition coefficient (Wildman–Crippen LogP) is -0.639. The van der Waals surface area contributed by atoms with Crippen molar-refractivity contribution < 1.29 is 3.83 Å². The third-order valence-electron chi connectivity index (χ3n) is 1.14. The molecule has 2 heterocycles. The molecular weight excluding hydrogens is 197 g/mol. The molecule has 0 aliphatic carbocycles. The Morgan fingerprint density at radius 3 is 3.20 bits per heavy atom. The van der Waals surface area contributed by atoms with Crippen LogP contribution in [0, 0.1) is 0 Å². The van der Waals surface area contributed by atoms with E-state index in [0.717, 1.165) is 0 Å². The van der Waals surface area contributed by atoms with E-state index in [2.05, 4.69) is 15.0 Å². The number of rotatable bonds is 0. The summed E-state index contributed by atoms with van der Waals surface area (Å²) in [5, 5.41) is 1.46. The standard InChI is InChI=1S/C5H3N3OSe/c9-10-3-8-4-1-6-2-7-5(4)10/h1-3H. The summed E-state index contributed by atoms with van der Waals surface area (Å²) in [5.74, 6) is 0. The van der Waals surface area contributed by atoms with Gasteiger partial charge in [-0.15, -0.1) is 0 Å². The van der Waals surface area contributed by atoms with Crippen LogP contribution in [0.25, 0.3) is 0 Å². The second-order valence-electron chi connectivity index (χ2n) is 1.75. The number of aromatic nitrogens is 2. The van der Waals surface area contributed by atoms with E-state index in [9.17, 15) is 3.83 Å². The molecule has 0 radical (unpaired) electrons. The van der Waals surface area contributed by atoms with Gasteiger partial charge in [-0.2, -0.15) is 0 Å². The average molecular weight is 200 g/mol. The molecule has 0 spiro atoms.